The van der Waals surface area contributed by atoms with Crippen molar-refractivity contribution in [2.75, 3.05) is 47.5 Å². The molecule has 0 bridgehead atoms. The molecule has 0 saturated carbocycles. The fourth-order valence-electron chi connectivity index (χ4n) is 5.16. The van der Waals surface area contributed by atoms with Crippen LogP contribution in [0.5, 0.6) is 0 Å². The van der Waals surface area contributed by atoms with Crippen LogP contribution in [0, 0.1) is 0 Å². The average Bonchev–Trinajstić information content (AvgIpc) is 2.99. The van der Waals surface area contributed by atoms with Gasteiger partial charge in [-0.15, -0.1) is 0 Å². The second-order valence-electron chi connectivity index (χ2n) is 14.0. The fraction of sp³-hybridized carbons (Fsp3) is 0.919. The van der Waals surface area contributed by atoms with Crippen LogP contribution in [-0.2, 0) is 27.9 Å². The average molecular weight is 677 g/mol. The van der Waals surface area contributed by atoms with Crippen LogP contribution in [0.3, 0.4) is 0 Å². The number of nitrogens with zero attached hydrogens (tertiary/aromatic N) is 1. The third-order valence-electron chi connectivity index (χ3n) is 8.17. The number of phosphoric acid groups is 1. The minimum absolute atomic E-state index is 0.0532. The Hall–Kier alpha value is -0.920. The molecular weight excluding hydrogens is 601 g/mol. The van der Waals surface area contributed by atoms with E-state index in [4.69, 9.17) is 18.5 Å². The van der Waals surface area contributed by atoms with Crippen LogP contribution in [0.15, 0.2) is 12.3 Å². The molecule has 0 amide bonds. The van der Waals surface area contributed by atoms with E-state index in [1.54, 1.807) is 6.26 Å². The van der Waals surface area contributed by atoms with E-state index in [2.05, 4.69) is 13.8 Å². The van der Waals surface area contributed by atoms with Crippen LogP contribution < -0.4 is 0 Å². The van der Waals surface area contributed by atoms with Crippen molar-refractivity contribution in [3.05, 3.63) is 12.3 Å². The Bertz CT molecular complexity index is 756. The van der Waals surface area contributed by atoms with Crippen molar-refractivity contribution < 1.29 is 37.3 Å². The zero-order valence-electron chi connectivity index (χ0n) is 30.8. The number of carbonyl (C=O) groups excluding carboxylic acids is 1. The summed E-state index contributed by atoms with van der Waals surface area (Å²) in [5.41, 5.74) is 0. The SMILES string of the molecule is CCCCCCCCCCCCCC/C=C\OC[C@H](COP(=O)(O)OCC[N+](C)(C)C)OC(=O)CCCCCCCCCCCC. The molecule has 0 aromatic carbocycles. The lowest BCUT2D eigenvalue weighted by molar-refractivity contribution is -0.870. The van der Waals surface area contributed by atoms with E-state index in [9.17, 15) is 14.3 Å². The molecule has 0 fully saturated rings. The molecule has 0 aromatic rings. The second kappa shape index (κ2) is 31.4. The zero-order valence-corrected chi connectivity index (χ0v) is 31.7. The van der Waals surface area contributed by atoms with Crippen molar-refractivity contribution in [2.24, 2.45) is 0 Å². The highest BCUT2D eigenvalue weighted by Gasteiger charge is 2.26. The van der Waals surface area contributed by atoms with Gasteiger partial charge >= 0.3 is 13.8 Å². The molecule has 0 saturated heterocycles. The van der Waals surface area contributed by atoms with Crippen LogP contribution in [0.4, 0.5) is 0 Å². The molecule has 0 heterocycles. The molecule has 1 N–H and O–H groups in total. The summed E-state index contributed by atoms with van der Waals surface area (Å²) in [7, 11) is 1.64. The highest BCUT2D eigenvalue weighted by molar-refractivity contribution is 7.47. The first-order chi connectivity index (χ1) is 22.1. The number of hydrogen-bond donors (Lipinski definition) is 1. The summed E-state index contributed by atoms with van der Waals surface area (Å²) in [6.45, 7) is 4.92. The van der Waals surface area contributed by atoms with Crippen LogP contribution in [0.2, 0.25) is 0 Å². The van der Waals surface area contributed by atoms with Crippen molar-refractivity contribution in [3.8, 4) is 0 Å². The number of rotatable bonds is 35. The fourth-order valence-corrected chi connectivity index (χ4v) is 5.91. The molecule has 1 unspecified atom stereocenters. The van der Waals surface area contributed by atoms with Gasteiger partial charge in [0.15, 0.2) is 6.10 Å². The van der Waals surface area contributed by atoms with Gasteiger partial charge in [0.1, 0.15) is 19.8 Å². The number of phosphoric ester groups is 1. The van der Waals surface area contributed by atoms with Gasteiger partial charge < -0.3 is 18.9 Å². The molecule has 0 rings (SSSR count). The summed E-state index contributed by atoms with van der Waals surface area (Å²) in [6, 6.07) is 0. The lowest BCUT2D eigenvalue weighted by Crippen LogP contribution is -2.37. The Balaban J connectivity index is 4.34. The van der Waals surface area contributed by atoms with Gasteiger partial charge in [0.25, 0.3) is 0 Å². The number of esters is 1. The van der Waals surface area contributed by atoms with Gasteiger partial charge in [0.2, 0.25) is 0 Å². The molecule has 274 valence electrons. The quantitative estimate of drug-likeness (QED) is 0.0235. The zero-order chi connectivity index (χ0) is 34.2. The van der Waals surface area contributed by atoms with Gasteiger partial charge in [-0.25, -0.2) is 4.57 Å². The van der Waals surface area contributed by atoms with Crippen molar-refractivity contribution >= 4 is 13.8 Å². The largest absolute Gasteiger partial charge is 0.498 e. The van der Waals surface area contributed by atoms with Gasteiger partial charge in [-0.2, -0.15) is 0 Å². The summed E-state index contributed by atoms with van der Waals surface area (Å²) in [5, 5.41) is 0. The van der Waals surface area contributed by atoms with E-state index in [0.29, 0.717) is 17.4 Å². The normalized spacial score (nSPS) is 14.0. The summed E-state index contributed by atoms with van der Waals surface area (Å²) >= 11 is 0. The van der Waals surface area contributed by atoms with E-state index in [1.807, 2.05) is 27.2 Å². The van der Waals surface area contributed by atoms with Crippen LogP contribution in [0.1, 0.15) is 168 Å². The van der Waals surface area contributed by atoms with Crippen molar-refractivity contribution in [3.63, 3.8) is 0 Å². The molecule has 0 spiro atoms. The number of allylic oxidation sites excluding steroid dienone is 1. The minimum Gasteiger partial charge on any atom is -0.498 e. The first-order valence-electron chi connectivity index (χ1n) is 19.0. The predicted octanol–water partition coefficient (Wildman–Crippen LogP) is 10.7. The first kappa shape index (κ1) is 45.1. The Kier molecular flexibility index (Phi) is 30.7. The molecule has 8 nitrogen and oxygen atoms in total. The van der Waals surface area contributed by atoms with E-state index < -0.39 is 13.9 Å². The molecular formula is C37H75NO7P+. The third kappa shape index (κ3) is 34.4. The molecule has 0 aliphatic rings. The Morgan fingerprint density at radius 2 is 1.13 bits per heavy atom. The predicted molar refractivity (Wildman–Crippen MR) is 192 cm³/mol. The number of carbonyl (C=O) groups is 1. The minimum atomic E-state index is -4.27. The smallest absolute Gasteiger partial charge is 0.472 e. The summed E-state index contributed by atoms with van der Waals surface area (Å²) in [5.74, 6) is -0.337. The number of quaternary nitrogens is 1. The van der Waals surface area contributed by atoms with E-state index in [-0.39, 0.29) is 25.8 Å². The maximum absolute atomic E-state index is 12.6. The monoisotopic (exact) mass is 677 g/mol. The number of hydrogen-bond acceptors (Lipinski definition) is 6. The molecule has 9 heteroatoms. The van der Waals surface area contributed by atoms with Gasteiger partial charge in [-0.1, -0.05) is 142 Å². The summed E-state index contributed by atoms with van der Waals surface area (Å²) in [4.78, 5) is 22.7. The van der Waals surface area contributed by atoms with E-state index in [1.165, 1.54) is 116 Å². The standard InChI is InChI=1S/C37H74NO7P/c1-6-8-10-12-14-16-18-19-20-21-23-25-27-29-32-42-34-36(35-44-46(40,41)43-33-31-38(3,4)5)45-37(39)30-28-26-24-22-17-15-13-11-9-7-2/h29,32,36H,6-28,30-31,33-35H2,1-5H3/p+1/b32-29-/t36-/m1/s1. The molecule has 0 aromatic heterocycles. The Morgan fingerprint density at radius 1 is 0.674 bits per heavy atom. The molecule has 46 heavy (non-hydrogen) atoms. The van der Waals surface area contributed by atoms with Gasteiger partial charge in [0, 0.05) is 6.42 Å². The third-order valence-corrected chi connectivity index (χ3v) is 9.16. The van der Waals surface area contributed by atoms with E-state index >= 15 is 0 Å². The van der Waals surface area contributed by atoms with Crippen LogP contribution >= 0.6 is 7.82 Å². The van der Waals surface area contributed by atoms with Crippen LogP contribution in [-0.4, -0.2) is 69.0 Å². The molecule has 2 atom stereocenters. The van der Waals surface area contributed by atoms with Crippen molar-refractivity contribution in [2.45, 2.75) is 174 Å². The highest BCUT2D eigenvalue weighted by atomic mass is 31.2. The Labute approximate surface area is 284 Å². The summed E-state index contributed by atoms with van der Waals surface area (Å²) < 4.78 is 34.5. The second-order valence-corrected chi connectivity index (χ2v) is 15.5. The molecule has 0 radical (unpaired) electrons. The lowest BCUT2D eigenvalue weighted by Gasteiger charge is -2.24. The van der Waals surface area contributed by atoms with Crippen molar-refractivity contribution in [1.29, 1.82) is 0 Å². The number of unbranched alkanes of at least 4 members (excludes halogenated alkanes) is 21. The topological polar surface area (TPSA) is 91.3 Å². The van der Waals surface area contributed by atoms with Gasteiger partial charge in [-0.3, -0.25) is 13.8 Å². The maximum Gasteiger partial charge on any atom is 0.472 e. The van der Waals surface area contributed by atoms with Gasteiger partial charge in [0.05, 0.1) is 34.0 Å². The molecule has 0 aliphatic heterocycles. The summed E-state index contributed by atoms with van der Waals surface area (Å²) in [6.07, 6.45) is 31.9. The highest BCUT2D eigenvalue weighted by Crippen LogP contribution is 2.43. The van der Waals surface area contributed by atoms with Crippen LogP contribution in [0.25, 0.3) is 0 Å². The van der Waals surface area contributed by atoms with Crippen molar-refractivity contribution in [1.82, 2.24) is 0 Å². The first-order valence-corrected chi connectivity index (χ1v) is 20.5. The number of ether oxygens (including phenoxy) is 2. The Morgan fingerprint density at radius 3 is 1.61 bits per heavy atom. The molecule has 0 aliphatic carbocycles. The van der Waals surface area contributed by atoms with E-state index in [0.717, 1.165) is 32.1 Å². The maximum atomic E-state index is 12.6. The number of likely N-dealkylation sites (N-methyl/N-ethyl adjacent to an activating group) is 1. The lowest BCUT2D eigenvalue weighted by atomic mass is 10.0. The van der Waals surface area contributed by atoms with Gasteiger partial charge in [-0.05, 0) is 25.3 Å².